The van der Waals surface area contributed by atoms with Crippen LogP contribution >= 0.6 is 0 Å². The van der Waals surface area contributed by atoms with Gasteiger partial charge < -0.3 is 18.9 Å². The highest BCUT2D eigenvalue weighted by molar-refractivity contribution is 5.94. The molecule has 0 saturated carbocycles. The van der Waals surface area contributed by atoms with Crippen molar-refractivity contribution in [3.8, 4) is 11.5 Å². The standard InChI is InChI=1S/C24H22FN3O3/c25-18-6-3-16(4-7-18)12-28-21-14-26(11-17-5-8-22-23(10-17)31-15-30-22)13-20(21)27-9-1-2-19(27)24(28)29/h1-10,20-21H,11-15H2/t20-,21-/m0/s1. The van der Waals surface area contributed by atoms with Gasteiger partial charge in [0.2, 0.25) is 6.79 Å². The molecular weight excluding hydrogens is 397 g/mol. The number of likely N-dealkylation sites (tertiary alicyclic amines) is 1. The zero-order valence-electron chi connectivity index (χ0n) is 16.9. The predicted octanol–water partition coefficient (Wildman–Crippen LogP) is 3.44. The lowest BCUT2D eigenvalue weighted by Crippen LogP contribution is -2.49. The van der Waals surface area contributed by atoms with Crippen molar-refractivity contribution in [1.29, 1.82) is 0 Å². The van der Waals surface area contributed by atoms with Crippen molar-refractivity contribution >= 4 is 5.91 Å². The van der Waals surface area contributed by atoms with Crippen LogP contribution in [0.3, 0.4) is 0 Å². The van der Waals surface area contributed by atoms with Crippen LogP contribution in [0.2, 0.25) is 0 Å². The van der Waals surface area contributed by atoms with Crippen LogP contribution in [0.5, 0.6) is 11.5 Å². The molecule has 4 heterocycles. The molecule has 0 spiro atoms. The Hall–Kier alpha value is -3.32. The van der Waals surface area contributed by atoms with Gasteiger partial charge >= 0.3 is 0 Å². The topological polar surface area (TPSA) is 46.9 Å². The summed E-state index contributed by atoms with van der Waals surface area (Å²) < 4.78 is 26.4. The van der Waals surface area contributed by atoms with Gasteiger partial charge in [-0.15, -0.1) is 0 Å². The highest BCUT2D eigenvalue weighted by Gasteiger charge is 2.44. The van der Waals surface area contributed by atoms with Gasteiger partial charge in [-0.2, -0.15) is 0 Å². The molecule has 0 aliphatic carbocycles. The van der Waals surface area contributed by atoms with Crippen molar-refractivity contribution in [3.05, 3.63) is 83.4 Å². The molecule has 3 aliphatic heterocycles. The van der Waals surface area contributed by atoms with Crippen LogP contribution in [0.25, 0.3) is 0 Å². The molecule has 6 nitrogen and oxygen atoms in total. The van der Waals surface area contributed by atoms with Crippen molar-refractivity contribution in [2.75, 3.05) is 19.9 Å². The summed E-state index contributed by atoms with van der Waals surface area (Å²) in [5, 5.41) is 0. The van der Waals surface area contributed by atoms with Crippen LogP contribution in [-0.2, 0) is 13.1 Å². The molecule has 1 amide bonds. The molecule has 0 bridgehead atoms. The quantitative estimate of drug-likeness (QED) is 0.650. The third kappa shape index (κ3) is 3.16. The van der Waals surface area contributed by atoms with Gasteiger partial charge in [0.25, 0.3) is 5.91 Å². The second-order valence-electron chi connectivity index (χ2n) is 8.38. The summed E-state index contributed by atoms with van der Waals surface area (Å²) in [4.78, 5) is 17.6. The van der Waals surface area contributed by atoms with Gasteiger partial charge in [0.05, 0.1) is 12.1 Å². The Morgan fingerprint density at radius 1 is 0.903 bits per heavy atom. The van der Waals surface area contributed by atoms with Crippen LogP contribution in [0, 0.1) is 5.82 Å². The first-order valence-electron chi connectivity index (χ1n) is 10.5. The van der Waals surface area contributed by atoms with Crippen molar-refractivity contribution in [2.45, 2.75) is 25.2 Å². The van der Waals surface area contributed by atoms with E-state index in [1.165, 1.54) is 12.1 Å². The summed E-state index contributed by atoms with van der Waals surface area (Å²) in [6.07, 6.45) is 2.00. The van der Waals surface area contributed by atoms with E-state index in [-0.39, 0.29) is 30.6 Å². The Bertz CT molecular complexity index is 1140. The highest BCUT2D eigenvalue weighted by Crippen LogP contribution is 2.37. The zero-order chi connectivity index (χ0) is 20.9. The van der Waals surface area contributed by atoms with Gasteiger partial charge in [0.15, 0.2) is 11.5 Å². The molecule has 158 valence electrons. The van der Waals surface area contributed by atoms with E-state index in [4.69, 9.17) is 9.47 Å². The minimum atomic E-state index is -0.267. The summed E-state index contributed by atoms with van der Waals surface area (Å²) in [6, 6.07) is 16.5. The van der Waals surface area contributed by atoms with Crippen molar-refractivity contribution in [2.24, 2.45) is 0 Å². The maximum Gasteiger partial charge on any atom is 0.271 e. The number of nitrogens with zero attached hydrogens (tertiary/aromatic N) is 3. The molecule has 3 aromatic rings. The zero-order valence-corrected chi connectivity index (χ0v) is 16.9. The molecule has 0 N–H and O–H groups in total. The van der Waals surface area contributed by atoms with E-state index in [2.05, 4.69) is 15.5 Å². The number of benzene rings is 2. The van der Waals surface area contributed by atoms with E-state index in [0.717, 1.165) is 42.3 Å². The molecule has 0 unspecified atom stereocenters. The molecule has 3 aliphatic rings. The predicted molar refractivity (Wildman–Crippen MR) is 111 cm³/mol. The first-order chi connectivity index (χ1) is 15.2. The summed E-state index contributed by atoms with van der Waals surface area (Å²) in [5.74, 6) is 1.33. The molecule has 0 radical (unpaired) electrons. The number of carbonyl (C=O) groups is 1. The number of halogens is 1. The Labute approximate surface area is 179 Å². The summed E-state index contributed by atoms with van der Waals surface area (Å²) >= 11 is 0. The van der Waals surface area contributed by atoms with Crippen molar-refractivity contribution < 1.29 is 18.7 Å². The number of fused-ring (bicyclic) bond motifs is 4. The number of hydrogen-bond donors (Lipinski definition) is 0. The number of amides is 1. The lowest BCUT2D eigenvalue weighted by atomic mass is 10.0. The van der Waals surface area contributed by atoms with Crippen LogP contribution < -0.4 is 9.47 Å². The SMILES string of the molecule is O=C1c2cccn2[C@H]2CN(Cc3ccc4c(c3)OCO4)C[C@@H]2N1Cc1ccc(F)cc1. The molecule has 1 saturated heterocycles. The Kier molecular flexibility index (Phi) is 4.24. The van der Waals surface area contributed by atoms with Gasteiger partial charge in [0, 0.05) is 32.4 Å². The summed E-state index contributed by atoms with van der Waals surface area (Å²) in [7, 11) is 0. The number of aromatic nitrogens is 1. The third-order valence-electron chi connectivity index (χ3n) is 6.46. The molecule has 1 aromatic heterocycles. The van der Waals surface area contributed by atoms with Gasteiger partial charge in [0.1, 0.15) is 11.5 Å². The Morgan fingerprint density at radius 3 is 2.55 bits per heavy atom. The molecular formula is C24H22FN3O3. The number of carbonyl (C=O) groups excluding carboxylic acids is 1. The van der Waals surface area contributed by atoms with E-state index < -0.39 is 0 Å². The van der Waals surface area contributed by atoms with Gasteiger partial charge in [-0.3, -0.25) is 9.69 Å². The van der Waals surface area contributed by atoms with Crippen LogP contribution in [0.15, 0.2) is 60.8 Å². The van der Waals surface area contributed by atoms with E-state index in [9.17, 15) is 9.18 Å². The van der Waals surface area contributed by atoms with Crippen molar-refractivity contribution in [1.82, 2.24) is 14.4 Å². The van der Waals surface area contributed by atoms with Gasteiger partial charge in [-0.25, -0.2) is 4.39 Å². The lowest BCUT2D eigenvalue weighted by Gasteiger charge is -2.38. The molecule has 2 aromatic carbocycles. The van der Waals surface area contributed by atoms with Crippen molar-refractivity contribution in [3.63, 3.8) is 0 Å². The molecule has 31 heavy (non-hydrogen) atoms. The average molecular weight is 419 g/mol. The van der Waals surface area contributed by atoms with E-state index in [1.54, 1.807) is 12.1 Å². The Morgan fingerprint density at radius 2 is 1.68 bits per heavy atom. The molecule has 6 rings (SSSR count). The molecule has 7 heteroatoms. The largest absolute Gasteiger partial charge is 0.454 e. The fourth-order valence-electron chi connectivity index (χ4n) is 4.99. The van der Waals surface area contributed by atoms with Gasteiger partial charge in [-0.05, 0) is 47.5 Å². The maximum atomic E-state index is 13.3. The number of rotatable bonds is 4. The monoisotopic (exact) mass is 419 g/mol. The van der Waals surface area contributed by atoms with Gasteiger partial charge in [-0.1, -0.05) is 18.2 Å². The van der Waals surface area contributed by atoms with Crippen LogP contribution in [0.1, 0.15) is 27.7 Å². The van der Waals surface area contributed by atoms with E-state index >= 15 is 0 Å². The van der Waals surface area contributed by atoms with E-state index in [0.29, 0.717) is 12.2 Å². The summed E-state index contributed by atoms with van der Waals surface area (Å²) in [5.41, 5.74) is 2.81. The summed E-state index contributed by atoms with van der Waals surface area (Å²) in [6.45, 7) is 3.16. The highest BCUT2D eigenvalue weighted by atomic mass is 19.1. The van der Waals surface area contributed by atoms with E-state index in [1.807, 2.05) is 35.4 Å². The minimum absolute atomic E-state index is 0.0282. The normalized spacial score (nSPS) is 22.0. The molecule has 1 fully saturated rings. The fraction of sp³-hybridized carbons (Fsp3) is 0.292. The second-order valence-corrected chi connectivity index (χ2v) is 8.38. The lowest BCUT2D eigenvalue weighted by molar-refractivity contribution is 0.0556. The average Bonchev–Trinajstić information content (AvgIpc) is 3.51. The Balaban J connectivity index is 1.27. The minimum Gasteiger partial charge on any atom is -0.454 e. The molecule has 2 atom stereocenters. The van der Waals surface area contributed by atoms with Crippen LogP contribution in [0.4, 0.5) is 4.39 Å². The number of hydrogen-bond acceptors (Lipinski definition) is 4. The maximum absolute atomic E-state index is 13.3. The second kappa shape index (κ2) is 7.13. The number of ether oxygens (including phenoxy) is 2. The first-order valence-corrected chi connectivity index (χ1v) is 10.5. The van der Waals surface area contributed by atoms with Crippen LogP contribution in [-0.4, -0.2) is 46.2 Å². The smallest absolute Gasteiger partial charge is 0.271 e. The fourth-order valence-corrected chi connectivity index (χ4v) is 4.99. The third-order valence-corrected chi connectivity index (χ3v) is 6.46. The first kappa shape index (κ1) is 18.4.